The maximum atomic E-state index is 11.1. The molecule has 0 radical (unpaired) electrons. The maximum absolute atomic E-state index is 11.1. The van der Waals surface area contributed by atoms with Crippen molar-refractivity contribution in [2.45, 2.75) is 29.9 Å². The highest BCUT2D eigenvalue weighted by molar-refractivity contribution is 9.12. The largest absolute Gasteiger partial charge is 0.465 e. The van der Waals surface area contributed by atoms with Crippen LogP contribution in [0.4, 0.5) is 0 Å². The van der Waals surface area contributed by atoms with Crippen molar-refractivity contribution in [3.63, 3.8) is 0 Å². The second-order valence-electron chi connectivity index (χ2n) is 2.68. The third-order valence-corrected chi connectivity index (χ3v) is 3.69. The highest BCUT2D eigenvalue weighted by Gasteiger charge is 2.31. The molecule has 1 atom stereocenters. The lowest BCUT2D eigenvalue weighted by Gasteiger charge is -2.21. The third kappa shape index (κ3) is 4.11. The van der Waals surface area contributed by atoms with Crippen LogP contribution in [0.3, 0.4) is 0 Å². The molecule has 0 spiro atoms. The van der Waals surface area contributed by atoms with Crippen LogP contribution in [0.2, 0.25) is 0 Å². The summed E-state index contributed by atoms with van der Waals surface area (Å²) < 4.78 is 4.55. The average molecular weight is 288 g/mol. The maximum Gasteiger partial charge on any atom is 0.321 e. The van der Waals surface area contributed by atoms with Gasteiger partial charge in [0.15, 0.2) is 0 Å². The minimum atomic E-state index is -0.296. The fourth-order valence-corrected chi connectivity index (χ4v) is 0.815. The van der Waals surface area contributed by atoms with Crippen LogP contribution in [0.25, 0.3) is 0 Å². The Kier molecular flexibility index (Phi) is 4.63. The summed E-state index contributed by atoms with van der Waals surface area (Å²) in [5.41, 5.74) is 0. The first-order chi connectivity index (χ1) is 4.89. The number of carbonyl (C=O) groups excluding carboxylic acids is 1. The van der Waals surface area contributed by atoms with Crippen molar-refractivity contribution in [2.75, 3.05) is 6.61 Å². The van der Waals surface area contributed by atoms with Gasteiger partial charge in [0.05, 0.1) is 6.61 Å². The Bertz CT molecular complexity index is 140. The molecule has 0 unspecified atom stereocenters. The van der Waals surface area contributed by atoms with Crippen molar-refractivity contribution in [2.24, 2.45) is 0 Å². The number of carbonyl (C=O) groups is 1. The first-order valence-corrected chi connectivity index (χ1v) is 5.10. The van der Waals surface area contributed by atoms with Gasteiger partial charge < -0.3 is 4.74 Å². The van der Waals surface area contributed by atoms with Gasteiger partial charge in [-0.05, 0) is 20.8 Å². The molecule has 2 nitrogen and oxygen atoms in total. The van der Waals surface area contributed by atoms with Gasteiger partial charge in [-0.15, -0.1) is 0 Å². The molecule has 0 bridgehead atoms. The Balaban J connectivity index is 4.03. The van der Waals surface area contributed by atoms with Crippen molar-refractivity contribution >= 4 is 37.8 Å². The van der Waals surface area contributed by atoms with E-state index in [0.29, 0.717) is 6.61 Å². The Labute approximate surface area is 83.9 Å². The van der Waals surface area contributed by atoms with E-state index in [1.807, 2.05) is 13.8 Å². The van der Waals surface area contributed by atoms with Crippen molar-refractivity contribution in [3.8, 4) is 0 Å². The molecule has 0 saturated carbocycles. The summed E-state index contributed by atoms with van der Waals surface area (Å²) in [7, 11) is 0. The summed E-state index contributed by atoms with van der Waals surface area (Å²) in [6.07, 6.45) is 0. The minimum absolute atomic E-state index is 0.227. The molecular formula is C7H12Br2O2. The summed E-state index contributed by atoms with van der Waals surface area (Å²) >= 11 is 6.61. The summed E-state index contributed by atoms with van der Waals surface area (Å²) in [5.74, 6) is -0.227. The molecule has 0 N–H and O–H groups in total. The lowest BCUT2D eigenvalue weighted by atomic mass is 10.1. The predicted octanol–water partition coefficient (Wildman–Crippen LogP) is 2.49. The molecule has 0 fully saturated rings. The minimum Gasteiger partial charge on any atom is -0.465 e. The van der Waals surface area contributed by atoms with Crippen LogP contribution in [0.1, 0.15) is 20.8 Å². The van der Waals surface area contributed by atoms with Crippen LogP contribution in [0, 0.1) is 0 Å². The van der Waals surface area contributed by atoms with Crippen LogP contribution < -0.4 is 0 Å². The molecule has 0 aliphatic carbocycles. The van der Waals surface area contributed by atoms with Crippen LogP contribution in [-0.2, 0) is 9.53 Å². The zero-order valence-corrected chi connectivity index (χ0v) is 10.0. The van der Waals surface area contributed by atoms with E-state index in [2.05, 4.69) is 31.9 Å². The number of alkyl halides is 2. The van der Waals surface area contributed by atoms with E-state index in [9.17, 15) is 4.79 Å². The van der Waals surface area contributed by atoms with Crippen LogP contribution >= 0.6 is 31.9 Å². The number of esters is 1. The lowest BCUT2D eigenvalue weighted by Crippen LogP contribution is -2.33. The van der Waals surface area contributed by atoms with E-state index in [0.717, 1.165) is 0 Å². The van der Waals surface area contributed by atoms with Crippen LogP contribution in [-0.4, -0.2) is 21.7 Å². The molecule has 0 aromatic heterocycles. The molecule has 0 aliphatic rings. The molecule has 66 valence electrons. The summed E-state index contributed by atoms with van der Waals surface area (Å²) in [4.78, 5) is 10.8. The monoisotopic (exact) mass is 286 g/mol. The van der Waals surface area contributed by atoms with Crippen LogP contribution in [0.5, 0.6) is 0 Å². The second kappa shape index (κ2) is 4.45. The van der Waals surface area contributed by atoms with E-state index >= 15 is 0 Å². The van der Waals surface area contributed by atoms with Gasteiger partial charge in [0, 0.05) is 4.32 Å². The standard InChI is InChI=1S/C7H12Br2O2/c1-4-11-6(10)5(8)7(2,3)9/h5H,4H2,1-3H3/t5-/m1/s1. The Morgan fingerprint density at radius 2 is 2.09 bits per heavy atom. The van der Waals surface area contributed by atoms with E-state index in [1.54, 1.807) is 6.92 Å². The molecular weight excluding hydrogens is 276 g/mol. The topological polar surface area (TPSA) is 26.3 Å². The number of ether oxygens (including phenoxy) is 1. The Hall–Kier alpha value is 0.430. The molecule has 0 aromatic carbocycles. The molecule has 0 rings (SSSR count). The summed E-state index contributed by atoms with van der Waals surface area (Å²) in [5, 5.41) is 0. The highest BCUT2D eigenvalue weighted by atomic mass is 79.9. The normalized spacial score (nSPS) is 14.3. The smallest absolute Gasteiger partial charge is 0.321 e. The van der Waals surface area contributed by atoms with Crippen molar-refractivity contribution in [1.29, 1.82) is 0 Å². The van der Waals surface area contributed by atoms with Gasteiger partial charge >= 0.3 is 5.97 Å². The number of halogens is 2. The van der Waals surface area contributed by atoms with Gasteiger partial charge in [0.1, 0.15) is 4.83 Å². The van der Waals surface area contributed by atoms with Gasteiger partial charge in [0.2, 0.25) is 0 Å². The fourth-order valence-electron chi connectivity index (χ4n) is 0.496. The molecule has 0 aliphatic heterocycles. The zero-order valence-electron chi connectivity index (χ0n) is 6.86. The molecule has 0 saturated heterocycles. The Morgan fingerprint density at radius 3 is 2.36 bits per heavy atom. The van der Waals surface area contributed by atoms with E-state index in [-0.39, 0.29) is 15.1 Å². The SMILES string of the molecule is CCOC(=O)[C@@H](Br)C(C)(C)Br. The zero-order chi connectivity index (χ0) is 9.07. The molecule has 11 heavy (non-hydrogen) atoms. The number of rotatable bonds is 3. The molecule has 4 heteroatoms. The fraction of sp³-hybridized carbons (Fsp3) is 0.857. The average Bonchev–Trinajstić information content (AvgIpc) is 1.85. The lowest BCUT2D eigenvalue weighted by molar-refractivity contribution is -0.142. The van der Waals surface area contributed by atoms with Gasteiger partial charge in [0.25, 0.3) is 0 Å². The summed E-state index contributed by atoms with van der Waals surface area (Å²) in [6.45, 7) is 6.02. The third-order valence-electron chi connectivity index (χ3n) is 1.10. The first kappa shape index (κ1) is 11.4. The van der Waals surface area contributed by atoms with Gasteiger partial charge in [-0.1, -0.05) is 31.9 Å². The molecule has 0 aromatic rings. The van der Waals surface area contributed by atoms with Crippen LogP contribution in [0.15, 0.2) is 0 Å². The Morgan fingerprint density at radius 1 is 1.64 bits per heavy atom. The van der Waals surface area contributed by atoms with Gasteiger partial charge in [-0.3, -0.25) is 4.79 Å². The van der Waals surface area contributed by atoms with E-state index in [4.69, 9.17) is 4.74 Å². The highest BCUT2D eigenvalue weighted by Crippen LogP contribution is 2.27. The predicted molar refractivity (Wildman–Crippen MR) is 52.4 cm³/mol. The molecule has 0 amide bonds. The second-order valence-corrected chi connectivity index (χ2v) is 5.64. The van der Waals surface area contributed by atoms with Crippen molar-refractivity contribution in [3.05, 3.63) is 0 Å². The van der Waals surface area contributed by atoms with Crippen molar-refractivity contribution in [1.82, 2.24) is 0 Å². The van der Waals surface area contributed by atoms with Crippen molar-refractivity contribution < 1.29 is 9.53 Å². The van der Waals surface area contributed by atoms with Gasteiger partial charge in [-0.25, -0.2) is 0 Å². The van der Waals surface area contributed by atoms with E-state index < -0.39 is 0 Å². The van der Waals surface area contributed by atoms with Gasteiger partial charge in [-0.2, -0.15) is 0 Å². The number of hydrogen-bond acceptors (Lipinski definition) is 2. The number of hydrogen-bond donors (Lipinski definition) is 0. The summed E-state index contributed by atoms with van der Waals surface area (Å²) in [6, 6.07) is 0. The quantitative estimate of drug-likeness (QED) is 0.589. The van der Waals surface area contributed by atoms with E-state index in [1.165, 1.54) is 0 Å². The molecule has 0 heterocycles. The first-order valence-electron chi connectivity index (χ1n) is 3.39.